The van der Waals surface area contributed by atoms with Crippen LogP contribution in [-0.2, 0) is 11.3 Å². The summed E-state index contributed by atoms with van der Waals surface area (Å²) in [6.07, 6.45) is 5.35. The van der Waals surface area contributed by atoms with Gasteiger partial charge in [0.25, 0.3) is 0 Å². The Labute approximate surface area is 82.0 Å². The highest BCUT2D eigenvalue weighted by atomic mass is 16.2. The molecule has 0 saturated carbocycles. The van der Waals surface area contributed by atoms with E-state index in [1.807, 2.05) is 0 Å². The van der Waals surface area contributed by atoms with E-state index in [9.17, 15) is 4.79 Å². The predicted molar refractivity (Wildman–Crippen MR) is 50.0 cm³/mol. The lowest BCUT2D eigenvalue weighted by molar-refractivity contribution is -0.128. The van der Waals surface area contributed by atoms with Crippen LogP contribution in [0.3, 0.4) is 0 Å². The third-order valence-electron chi connectivity index (χ3n) is 2.23. The molecule has 1 aromatic rings. The number of hydrogen-bond acceptors (Lipinski definition) is 4. The number of carbonyl (C=O) groups excluding carboxylic acids is 1. The van der Waals surface area contributed by atoms with Crippen molar-refractivity contribution in [1.82, 2.24) is 14.9 Å². The Morgan fingerprint density at radius 1 is 1.50 bits per heavy atom. The summed E-state index contributed by atoms with van der Waals surface area (Å²) in [4.78, 5) is 20.9. The lowest BCUT2D eigenvalue weighted by atomic mass is 10.3. The van der Waals surface area contributed by atoms with Gasteiger partial charge < -0.3 is 10.6 Å². The van der Waals surface area contributed by atoms with Crippen molar-refractivity contribution >= 4 is 5.91 Å². The van der Waals surface area contributed by atoms with Gasteiger partial charge in [0.2, 0.25) is 5.91 Å². The maximum atomic E-state index is 11.4. The molecule has 2 rings (SSSR count). The number of aromatic nitrogens is 2. The molecular formula is C9H12N4O. The Morgan fingerprint density at radius 3 is 2.79 bits per heavy atom. The van der Waals surface area contributed by atoms with Crippen LogP contribution in [0.15, 0.2) is 18.7 Å². The van der Waals surface area contributed by atoms with Gasteiger partial charge in [-0.1, -0.05) is 0 Å². The maximum Gasteiger partial charge on any atom is 0.224 e. The molecule has 1 amide bonds. The second kappa shape index (κ2) is 3.71. The molecule has 0 bridgehead atoms. The molecule has 1 aliphatic heterocycles. The van der Waals surface area contributed by atoms with E-state index < -0.39 is 0 Å². The molecule has 2 N–H and O–H groups in total. The summed E-state index contributed by atoms with van der Waals surface area (Å²) in [5.74, 6) is 0.112. The van der Waals surface area contributed by atoms with Crippen LogP contribution in [0.1, 0.15) is 12.0 Å². The largest absolute Gasteiger partial charge is 0.337 e. The smallest absolute Gasteiger partial charge is 0.224 e. The molecule has 0 aromatic carbocycles. The number of carbonyl (C=O) groups is 1. The van der Waals surface area contributed by atoms with Crippen molar-refractivity contribution in [3.63, 3.8) is 0 Å². The van der Waals surface area contributed by atoms with Gasteiger partial charge in [-0.3, -0.25) is 4.79 Å². The van der Waals surface area contributed by atoms with Crippen LogP contribution in [0.2, 0.25) is 0 Å². The fourth-order valence-corrected chi connectivity index (χ4v) is 1.59. The minimum Gasteiger partial charge on any atom is -0.337 e. The summed E-state index contributed by atoms with van der Waals surface area (Å²) < 4.78 is 0. The van der Waals surface area contributed by atoms with Crippen molar-refractivity contribution in [2.24, 2.45) is 5.73 Å². The van der Waals surface area contributed by atoms with E-state index >= 15 is 0 Å². The molecule has 1 aliphatic rings. The van der Waals surface area contributed by atoms with Gasteiger partial charge in [-0.05, 0) is 0 Å². The zero-order valence-electron chi connectivity index (χ0n) is 7.76. The van der Waals surface area contributed by atoms with Crippen LogP contribution in [0, 0.1) is 0 Å². The lowest BCUT2D eigenvalue weighted by Gasteiger charge is -2.14. The average Bonchev–Trinajstić information content (AvgIpc) is 2.47. The molecule has 1 aromatic heterocycles. The first kappa shape index (κ1) is 9.08. The fraction of sp³-hybridized carbons (Fsp3) is 0.444. The molecule has 0 aliphatic carbocycles. The molecule has 1 atom stereocenters. The number of hydrogen-bond donors (Lipinski definition) is 1. The highest BCUT2D eigenvalue weighted by molar-refractivity contribution is 5.79. The summed E-state index contributed by atoms with van der Waals surface area (Å²) in [6, 6.07) is -0.0212. The van der Waals surface area contributed by atoms with Crippen LogP contribution in [-0.4, -0.2) is 33.4 Å². The molecule has 1 saturated heterocycles. The first-order chi connectivity index (χ1) is 6.75. The van der Waals surface area contributed by atoms with Crippen molar-refractivity contribution in [2.75, 3.05) is 6.54 Å². The molecule has 0 radical (unpaired) electrons. The zero-order valence-corrected chi connectivity index (χ0v) is 7.76. The van der Waals surface area contributed by atoms with E-state index in [1.54, 1.807) is 17.3 Å². The molecule has 1 fully saturated rings. The van der Waals surface area contributed by atoms with Gasteiger partial charge in [0, 0.05) is 43.5 Å². The van der Waals surface area contributed by atoms with Gasteiger partial charge in [-0.25, -0.2) is 9.97 Å². The molecule has 5 heteroatoms. The Hall–Kier alpha value is -1.49. The van der Waals surface area contributed by atoms with Gasteiger partial charge in [0.05, 0.1) is 0 Å². The van der Waals surface area contributed by atoms with Crippen LogP contribution < -0.4 is 5.73 Å². The summed E-state index contributed by atoms with van der Waals surface area (Å²) >= 11 is 0. The second-order valence-corrected chi connectivity index (χ2v) is 3.49. The maximum absolute atomic E-state index is 11.4. The van der Waals surface area contributed by atoms with E-state index in [0.29, 0.717) is 19.5 Å². The molecule has 14 heavy (non-hydrogen) atoms. The molecule has 5 nitrogen and oxygen atoms in total. The van der Waals surface area contributed by atoms with Gasteiger partial charge in [-0.15, -0.1) is 0 Å². The Bertz CT molecular complexity index is 327. The van der Waals surface area contributed by atoms with Crippen molar-refractivity contribution in [3.05, 3.63) is 24.3 Å². The highest BCUT2D eigenvalue weighted by Crippen LogP contribution is 2.12. The fourth-order valence-electron chi connectivity index (χ4n) is 1.59. The Kier molecular flexibility index (Phi) is 2.41. The minimum atomic E-state index is -0.0212. The molecular weight excluding hydrogens is 180 g/mol. The van der Waals surface area contributed by atoms with E-state index in [0.717, 1.165) is 5.56 Å². The van der Waals surface area contributed by atoms with E-state index in [2.05, 4.69) is 9.97 Å². The van der Waals surface area contributed by atoms with Gasteiger partial charge in [0.15, 0.2) is 0 Å². The highest BCUT2D eigenvalue weighted by Gasteiger charge is 2.26. The number of likely N-dealkylation sites (tertiary alicyclic amines) is 1. The van der Waals surface area contributed by atoms with Crippen molar-refractivity contribution in [2.45, 2.75) is 19.0 Å². The van der Waals surface area contributed by atoms with Gasteiger partial charge >= 0.3 is 0 Å². The third-order valence-corrected chi connectivity index (χ3v) is 2.23. The summed E-state index contributed by atoms with van der Waals surface area (Å²) in [7, 11) is 0. The molecule has 1 unspecified atom stereocenters. The van der Waals surface area contributed by atoms with E-state index in [1.165, 1.54) is 6.33 Å². The van der Waals surface area contributed by atoms with Gasteiger partial charge in [0.1, 0.15) is 6.33 Å². The topological polar surface area (TPSA) is 72.1 Å². The van der Waals surface area contributed by atoms with Crippen LogP contribution >= 0.6 is 0 Å². The van der Waals surface area contributed by atoms with Gasteiger partial charge in [-0.2, -0.15) is 0 Å². The predicted octanol–water partition coefficient (Wildman–Crippen LogP) is -0.464. The van der Waals surface area contributed by atoms with Crippen molar-refractivity contribution in [1.29, 1.82) is 0 Å². The molecule has 0 spiro atoms. The first-order valence-corrected chi connectivity index (χ1v) is 4.53. The normalized spacial score (nSPS) is 21.6. The van der Waals surface area contributed by atoms with Crippen LogP contribution in [0.25, 0.3) is 0 Å². The summed E-state index contributed by atoms with van der Waals surface area (Å²) in [5, 5.41) is 0. The number of nitrogens with two attached hydrogens (primary N) is 1. The first-order valence-electron chi connectivity index (χ1n) is 4.53. The lowest BCUT2D eigenvalue weighted by Crippen LogP contribution is -2.27. The average molecular weight is 192 g/mol. The molecule has 2 heterocycles. The number of amides is 1. The SMILES string of the molecule is NC1CC(=O)N(Cc2cncnc2)C1. The van der Waals surface area contributed by atoms with Crippen LogP contribution in [0.5, 0.6) is 0 Å². The van der Waals surface area contributed by atoms with Crippen LogP contribution in [0.4, 0.5) is 0 Å². The second-order valence-electron chi connectivity index (χ2n) is 3.49. The van der Waals surface area contributed by atoms with Crippen molar-refractivity contribution < 1.29 is 4.79 Å². The van der Waals surface area contributed by atoms with E-state index in [4.69, 9.17) is 5.73 Å². The monoisotopic (exact) mass is 192 g/mol. The standard InChI is InChI=1S/C9H12N4O/c10-8-1-9(14)13(5-8)4-7-2-11-6-12-3-7/h2-3,6,8H,1,4-5,10H2. The number of rotatable bonds is 2. The summed E-state index contributed by atoms with van der Waals surface area (Å²) in [6.45, 7) is 1.20. The Morgan fingerprint density at radius 2 is 2.21 bits per heavy atom. The zero-order chi connectivity index (χ0) is 9.97. The van der Waals surface area contributed by atoms with Crippen molar-refractivity contribution in [3.8, 4) is 0 Å². The third kappa shape index (κ3) is 1.88. The number of nitrogens with zero attached hydrogens (tertiary/aromatic N) is 3. The summed E-state index contributed by atoms with van der Waals surface area (Å²) in [5.41, 5.74) is 6.62. The molecule has 74 valence electrons. The van der Waals surface area contributed by atoms with E-state index in [-0.39, 0.29) is 11.9 Å². The quantitative estimate of drug-likeness (QED) is 0.688. The minimum absolute atomic E-state index is 0.0212. The Balaban J connectivity index is 2.02.